The zero-order valence-corrected chi connectivity index (χ0v) is 11.9. The van der Waals surface area contributed by atoms with Crippen molar-refractivity contribution in [3.05, 3.63) is 0 Å². The molecule has 0 aromatic heterocycles. The molecule has 2 aliphatic rings. The minimum absolute atomic E-state index is 0.0264. The lowest BCUT2D eigenvalue weighted by Crippen LogP contribution is -2.56. The predicted molar refractivity (Wildman–Crippen MR) is 70.5 cm³/mol. The van der Waals surface area contributed by atoms with Gasteiger partial charge in [0, 0.05) is 26.2 Å². The topological polar surface area (TPSA) is 79.3 Å². The second kappa shape index (κ2) is 6.41. The van der Waals surface area contributed by atoms with Crippen molar-refractivity contribution in [3.63, 3.8) is 0 Å². The highest BCUT2D eigenvalue weighted by Crippen LogP contribution is 2.16. The van der Waals surface area contributed by atoms with Crippen molar-refractivity contribution in [1.82, 2.24) is 9.80 Å². The fraction of sp³-hybridized carbons (Fsp3) is 0.846. The monoisotopic (exact) mass is 286 g/mol. The third-order valence-electron chi connectivity index (χ3n) is 3.50. The molecule has 0 aromatic rings. The summed E-state index contributed by atoms with van der Waals surface area (Å²) in [6.45, 7) is 6.28. The van der Waals surface area contributed by atoms with Gasteiger partial charge >= 0.3 is 12.0 Å². The molecular formula is C13H22N2O5. The number of amides is 2. The van der Waals surface area contributed by atoms with Crippen LogP contribution in [-0.2, 0) is 14.3 Å². The quantitative estimate of drug-likeness (QED) is 0.794. The summed E-state index contributed by atoms with van der Waals surface area (Å²) in [4.78, 5) is 26.7. The molecule has 7 nitrogen and oxygen atoms in total. The largest absolute Gasteiger partial charge is 0.481 e. The summed E-state index contributed by atoms with van der Waals surface area (Å²) < 4.78 is 11.0. The number of urea groups is 1. The van der Waals surface area contributed by atoms with Crippen LogP contribution in [-0.4, -0.2) is 78.0 Å². The van der Waals surface area contributed by atoms with Crippen LogP contribution in [0.5, 0.6) is 0 Å². The molecule has 0 aliphatic carbocycles. The van der Waals surface area contributed by atoms with Gasteiger partial charge < -0.3 is 24.4 Å². The molecular weight excluding hydrogens is 264 g/mol. The summed E-state index contributed by atoms with van der Waals surface area (Å²) in [7, 11) is 0. The Morgan fingerprint density at radius 2 is 1.80 bits per heavy atom. The van der Waals surface area contributed by atoms with Crippen LogP contribution in [0, 0.1) is 0 Å². The number of nitrogens with zero attached hydrogens (tertiary/aromatic N) is 2. The molecule has 3 atom stereocenters. The highest BCUT2D eigenvalue weighted by molar-refractivity contribution is 5.75. The number of morpholine rings is 2. The summed E-state index contributed by atoms with van der Waals surface area (Å²) in [5.74, 6) is -0.905. The Kier molecular flexibility index (Phi) is 4.82. The lowest BCUT2D eigenvalue weighted by atomic mass is 10.2. The molecule has 3 unspecified atom stereocenters. The van der Waals surface area contributed by atoms with Crippen molar-refractivity contribution in [1.29, 1.82) is 0 Å². The molecule has 0 aromatic carbocycles. The number of carbonyl (C=O) groups is 2. The van der Waals surface area contributed by atoms with E-state index in [1.807, 2.05) is 13.8 Å². The lowest BCUT2D eigenvalue weighted by Gasteiger charge is -2.40. The van der Waals surface area contributed by atoms with Gasteiger partial charge in [0.25, 0.3) is 0 Å². The summed E-state index contributed by atoms with van der Waals surface area (Å²) in [5.41, 5.74) is 0. The van der Waals surface area contributed by atoms with E-state index in [1.165, 1.54) is 0 Å². The summed E-state index contributed by atoms with van der Waals surface area (Å²) in [5, 5.41) is 8.80. The summed E-state index contributed by atoms with van der Waals surface area (Å²) in [6, 6.07) is -0.0503. The van der Waals surface area contributed by atoms with Crippen molar-refractivity contribution in [2.24, 2.45) is 0 Å². The van der Waals surface area contributed by atoms with Crippen molar-refractivity contribution < 1.29 is 24.2 Å². The molecule has 0 radical (unpaired) electrons. The fourth-order valence-corrected chi connectivity index (χ4v) is 2.75. The maximum Gasteiger partial charge on any atom is 0.320 e. The highest BCUT2D eigenvalue weighted by Gasteiger charge is 2.32. The standard InChI is InChI=1S/C13H22N2O5/c1-9-6-15(7-10(2)20-9)13(18)14-3-4-19-11(8-14)5-12(16)17/h9-11H,3-8H2,1-2H3,(H,16,17). The normalized spacial score (nSPS) is 31.2. The van der Waals surface area contributed by atoms with Crippen LogP contribution in [0.3, 0.4) is 0 Å². The van der Waals surface area contributed by atoms with Crippen molar-refractivity contribution >= 4 is 12.0 Å². The first-order valence-corrected chi connectivity index (χ1v) is 6.98. The molecule has 0 saturated carbocycles. The van der Waals surface area contributed by atoms with Gasteiger partial charge in [0.2, 0.25) is 0 Å². The van der Waals surface area contributed by atoms with Crippen LogP contribution < -0.4 is 0 Å². The summed E-state index contributed by atoms with van der Waals surface area (Å²) in [6.07, 6.45) is -0.433. The number of hydrogen-bond donors (Lipinski definition) is 1. The number of carboxylic acids is 1. The Bertz CT molecular complexity index is 366. The fourth-order valence-electron chi connectivity index (χ4n) is 2.75. The van der Waals surface area contributed by atoms with E-state index in [1.54, 1.807) is 9.80 Å². The van der Waals surface area contributed by atoms with Gasteiger partial charge in [-0.25, -0.2) is 4.79 Å². The van der Waals surface area contributed by atoms with Gasteiger partial charge in [-0.2, -0.15) is 0 Å². The van der Waals surface area contributed by atoms with E-state index in [0.717, 1.165) is 0 Å². The van der Waals surface area contributed by atoms with E-state index in [9.17, 15) is 9.59 Å². The van der Waals surface area contributed by atoms with E-state index in [-0.39, 0.29) is 24.7 Å². The molecule has 1 N–H and O–H groups in total. The van der Waals surface area contributed by atoms with E-state index in [4.69, 9.17) is 14.6 Å². The maximum atomic E-state index is 12.5. The Balaban J connectivity index is 1.92. The van der Waals surface area contributed by atoms with Gasteiger partial charge in [-0.3, -0.25) is 4.79 Å². The Morgan fingerprint density at radius 3 is 2.40 bits per heavy atom. The van der Waals surface area contributed by atoms with Gasteiger partial charge in [0.15, 0.2) is 0 Å². The second-order valence-corrected chi connectivity index (χ2v) is 5.48. The first-order chi connectivity index (χ1) is 9.45. The molecule has 0 bridgehead atoms. The van der Waals surface area contributed by atoms with Crippen LogP contribution in [0.15, 0.2) is 0 Å². The summed E-state index contributed by atoms with van der Waals surface area (Å²) >= 11 is 0. The SMILES string of the molecule is CC1CN(C(=O)N2CCOC(CC(=O)O)C2)CC(C)O1. The molecule has 2 amide bonds. The van der Waals surface area contributed by atoms with Crippen molar-refractivity contribution in [2.45, 2.75) is 38.6 Å². The lowest BCUT2D eigenvalue weighted by molar-refractivity contribution is -0.141. The molecule has 2 heterocycles. The van der Waals surface area contributed by atoms with E-state index >= 15 is 0 Å². The number of rotatable bonds is 2. The second-order valence-electron chi connectivity index (χ2n) is 5.48. The maximum absolute atomic E-state index is 12.5. The first-order valence-electron chi connectivity index (χ1n) is 6.98. The number of carboxylic acid groups (broad SMARTS) is 1. The average Bonchev–Trinajstić information content (AvgIpc) is 2.36. The minimum atomic E-state index is -0.905. The molecule has 20 heavy (non-hydrogen) atoms. The third-order valence-corrected chi connectivity index (χ3v) is 3.50. The van der Waals surface area contributed by atoms with Gasteiger partial charge in [-0.15, -0.1) is 0 Å². The molecule has 2 fully saturated rings. The van der Waals surface area contributed by atoms with E-state index in [2.05, 4.69) is 0 Å². The highest BCUT2D eigenvalue weighted by atomic mass is 16.5. The van der Waals surface area contributed by atoms with Crippen LogP contribution in [0.4, 0.5) is 4.79 Å². The zero-order chi connectivity index (χ0) is 14.7. The van der Waals surface area contributed by atoms with Gasteiger partial charge in [0.1, 0.15) is 0 Å². The number of aliphatic carboxylic acids is 1. The molecule has 2 rings (SSSR count). The van der Waals surface area contributed by atoms with Gasteiger partial charge in [0.05, 0.1) is 31.3 Å². The van der Waals surface area contributed by atoms with Crippen LogP contribution >= 0.6 is 0 Å². The van der Waals surface area contributed by atoms with Crippen LogP contribution in [0.1, 0.15) is 20.3 Å². The average molecular weight is 286 g/mol. The first kappa shape index (κ1) is 15.1. The Morgan fingerprint density at radius 1 is 1.15 bits per heavy atom. The minimum Gasteiger partial charge on any atom is -0.481 e. The third kappa shape index (κ3) is 3.83. The van der Waals surface area contributed by atoms with E-state index < -0.39 is 12.1 Å². The number of carbonyl (C=O) groups excluding carboxylic acids is 1. The molecule has 2 saturated heterocycles. The van der Waals surface area contributed by atoms with Crippen LogP contribution in [0.25, 0.3) is 0 Å². The number of hydrogen-bond acceptors (Lipinski definition) is 4. The van der Waals surface area contributed by atoms with Gasteiger partial charge in [-0.1, -0.05) is 0 Å². The zero-order valence-electron chi connectivity index (χ0n) is 11.9. The Hall–Kier alpha value is -1.34. The number of ether oxygens (including phenoxy) is 2. The molecule has 2 aliphatic heterocycles. The van der Waals surface area contributed by atoms with Crippen molar-refractivity contribution in [3.8, 4) is 0 Å². The van der Waals surface area contributed by atoms with Crippen LogP contribution in [0.2, 0.25) is 0 Å². The predicted octanol–water partition coefficient (Wildman–Crippen LogP) is 0.391. The van der Waals surface area contributed by atoms with Gasteiger partial charge in [-0.05, 0) is 13.8 Å². The van der Waals surface area contributed by atoms with Crippen molar-refractivity contribution in [2.75, 3.05) is 32.8 Å². The molecule has 7 heteroatoms. The molecule has 114 valence electrons. The molecule has 0 spiro atoms. The smallest absolute Gasteiger partial charge is 0.320 e. The van der Waals surface area contributed by atoms with E-state index in [0.29, 0.717) is 32.8 Å². The Labute approximate surface area is 118 Å².